The number of carbonyl (C=O) groups excluding carboxylic acids is 1. The minimum absolute atomic E-state index is 0.0125. The molecular weight excluding hydrogens is 303 g/mol. The second kappa shape index (κ2) is 7.84. The molecule has 0 saturated carbocycles. The van der Waals surface area contributed by atoms with Gasteiger partial charge in [0.2, 0.25) is 11.0 Å². The van der Waals surface area contributed by atoms with Crippen LogP contribution in [0.15, 0.2) is 24.3 Å². The normalized spacial score (nSPS) is 10.7. The van der Waals surface area contributed by atoms with E-state index in [1.165, 1.54) is 23.5 Å². The molecule has 7 heteroatoms. The van der Waals surface area contributed by atoms with Crippen LogP contribution in [-0.2, 0) is 11.2 Å². The molecule has 22 heavy (non-hydrogen) atoms. The molecule has 2 N–H and O–H groups in total. The molecule has 0 unspecified atom stereocenters. The van der Waals surface area contributed by atoms with Gasteiger partial charge in [-0.05, 0) is 31.5 Å². The third kappa shape index (κ3) is 5.40. The summed E-state index contributed by atoms with van der Waals surface area (Å²) >= 11 is 1.44. The molecule has 1 aromatic heterocycles. The summed E-state index contributed by atoms with van der Waals surface area (Å²) in [4.78, 5) is 11.5. The van der Waals surface area contributed by atoms with Crippen LogP contribution in [0.1, 0.15) is 30.8 Å². The number of benzene rings is 1. The number of halogens is 1. The maximum Gasteiger partial charge on any atom is 0.221 e. The molecule has 0 aliphatic heterocycles. The summed E-state index contributed by atoms with van der Waals surface area (Å²) in [6, 6.07) is 6.49. The lowest BCUT2D eigenvalue weighted by molar-refractivity contribution is -0.121. The fraction of sp³-hybridized carbons (Fsp3) is 0.400. The van der Waals surface area contributed by atoms with Crippen LogP contribution in [0.2, 0.25) is 0 Å². The highest BCUT2D eigenvalue weighted by Crippen LogP contribution is 2.18. The summed E-state index contributed by atoms with van der Waals surface area (Å²) in [5.41, 5.74) is 0.986. The van der Waals surface area contributed by atoms with Gasteiger partial charge in [0, 0.05) is 25.4 Å². The van der Waals surface area contributed by atoms with Crippen LogP contribution in [0.25, 0.3) is 0 Å². The van der Waals surface area contributed by atoms with E-state index >= 15 is 0 Å². The number of nitrogens with one attached hydrogen (secondary N) is 2. The lowest BCUT2D eigenvalue weighted by Crippen LogP contribution is -2.31. The van der Waals surface area contributed by atoms with E-state index in [4.69, 9.17) is 0 Å². The minimum atomic E-state index is -0.247. The monoisotopic (exact) mass is 322 g/mol. The highest BCUT2D eigenvalue weighted by Gasteiger charge is 2.07. The fourth-order valence-corrected chi connectivity index (χ4v) is 2.65. The maximum absolute atomic E-state index is 12.8. The zero-order chi connectivity index (χ0) is 15.9. The minimum Gasteiger partial charge on any atom is -0.360 e. The van der Waals surface area contributed by atoms with Crippen LogP contribution < -0.4 is 10.6 Å². The summed E-state index contributed by atoms with van der Waals surface area (Å²) in [5.74, 6) is -0.235. The van der Waals surface area contributed by atoms with Gasteiger partial charge in [0.05, 0.1) is 0 Å². The van der Waals surface area contributed by atoms with Gasteiger partial charge in [-0.15, -0.1) is 10.2 Å². The molecule has 118 valence electrons. The topological polar surface area (TPSA) is 66.9 Å². The highest BCUT2D eigenvalue weighted by molar-refractivity contribution is 7.15. The molecule has 0 radical (unpaired) electrons. The highest BCUT2D eigenvalue weighted by atomic mass is 32.1. The van der Waals surface area contributed by atoms with E-state index in [0.717, 1.165) is 10.6 Å². The molecule has 0 atom stereocenters. The predicted octanol–water partition coefficient (Wildman–Crippen LogP) is 2.59. The van der Waals surface area contributed by atoms with Crippen molar-refractivity contribution in [1.29, 1.82) is 0 Å². The van der Waals surface area contributed by atoms with Crippen LogP contribution in [0, 0.1) is 5.82 Å². The molecule has 0 saturated heterocycles. The van der Waals surface area contributed by atoms with Crippen molar-refractivity contribution in [2.45, 2.75) is 32.7 Å². The average molecular weight is 322 g/mol. The van der Waals surface area contributed by atoms with Crippen molar-refractivity contribution in [2.75, 3.05) is 11.9 Å². The number of carbonyl (C=O) groups is 1. The van der Waals surface area contributed by atoms with Crippen molar-refractivity contribution in [2.24, 2.45) is 0 Å². The average Bonchev–Trinajstić information content (AvgIpc) is 2.88. The molecular formula is C15H19FN4OS. The van der Waals surface area contributed by atoms with Gasteiger partial charge >= 0.3 is 0 Å². The van der Waals surface area contributed by atoms with Crippen molar-refractivity contribution in [1.82, 2.24) is 15.5 Å². The maximum atomic E-state index is 12.8. The number of amides is 1. The van der Waals surface area contributed by atoms with Crippen molar-refractivity contribution in [3.05, 3.63) is 40.7 Å². The molecule has 2 aromatic rings. The molecule has 2 rings (SSSR count). The zero-order valence-corrected chi connectivity index (χ0v) is 13.4. The van der Waals surface area contributed by atoms with Crippen LogP contribution >= 0.6 is 11.3 Å². The molecule has 0 bridgehead atoms. The summed E-state index contributed by atoms with van der Waals surface area (Å²) < 4.78 is 12.8. The van der Waals surface area contributed by atoms with E-state index < -0.39 is 0 Å². The van der Waals surface area contributed by atoms with Gasteiger partial charge < -0.3 is 10.6 Å². The third-order valence-corrected chi connectivity index (χ3v) is 3.69. The van der Waals surface area contributed by atoms with E-state index in [9.17, 15) is 9.18 Å². The molecule has 0 aliphatic rings. The Labute approximate surface area is 133 Å². The molecule has 5 nitrogen and oxygen atoms in total. The largest absolute Gasteiger partial charge is 0.360 e. The van der Waals surface area contributed by atoms with Crippen molar-refractivity contribution in [3.8, 4) is 0 Å². The van der Waals surface area contributed by atoms with Gasteiger partial charge in [0.25, 0.3) is 0 Å². The van der Waals surface area contributed by atoms with Crippen LogP contribution in [-0.4, -0.2) is 28.7 Å². The first-order valence-corrected chi connectivity index (χ1v) is 7.94. The van der Waals surface area contributed by atoms with Gasteiger partial charge in [0.1, 0.15) is 10.8 Å². The Morgan fingerprint density at radius 1 is 1.27 bits per heavy atom. The summed E-state index contributed by atoms with van der Waals surface area (Å²) in [6.45, 7) is 4.37. The Balaban J connectivity index is 1.79. The summed E-state index contributed by atoms with van der Waals surface area (Å²) in [5, 5.41) is 15.6. The Hall–Kier alpha value is -2.02. The van der Waals surface area contributed by atoms with E-state index in [1.54, 1.807) is 12.1 Å². The summed E-state index contributed by atoms with van der Waals surface area (Å²) in [6.07, 6.45) is 1.01. The molecule has 1 aromatic carbocycles. The summed E-state index contributed by atoms with van der Waals surface area (Å²) in [7, 11) is 0. The van der Waals surface area contributed by atoms with Gasteiger partial charge in [-0.1, -0.05) is 23.5 Å². The fourth-order valence-electron chi connectivity index (χ4n) is 1.85. The van der Waals surface area contributed by atoms with E-state index in [0.29, 0.717) is 24.5 Å². The standard InChI is InChI=1S/C15H19FN4OS/c1-10(2)18-13(21)7-8-17-15-20-19-14(22-15)9-11-3-5-12(16)6-4-11/h3-6,10H,7-9H2,1-2H3,(H,17,20)(H,18,21). The first-order chi connectivity index (χ1) is 10.5. The molecule has 0 fully saturated rings. The molecule has 1 amide bonds. The van der Waals surface area contributed by atoms with Crippen molar-refractivity contribution < 1.29 is 9.18 Å². The first-order valence-electron chi connectivity index (χ1n) is 7.13. The molecule has 0 spiro atoms. The van der Waals surface area contributed by atoms with Crippen molar-refractivity contribution >= 4 is 22.4 Å². The molecule has 1 heterocycles. The Morgan fingerprint density at radius 3 is 2.68 bits per heavy atom. The number of anilines is 1. The van der Waals surface area contributed by atoms with E-state index in [2.05, 4.69) is 20.8 Å². The lowest BCUT2D eigenvalue weighted by Gasteiger charge is -2.07. The van der Waals surface area contributed by atoms with Gasteiger partial charge in [-0.3, -0.25) is 4.79 Å². The van der Waals surface area contributed by atoms with Crippen LogP contribution in [0.3, 0.4) is 0 Å². The number of hydrogen-bond donors (Lipinski definition) is 2. The Bertz CT molecular complexity index is 612. The number of hydrogen-bond acceptors (Lipinski definition) is 5. The SMILES string of the molecule is CC(C)NC(=O)CCNc1nnc(Cc2ccc(F)cc2)s1. The number of aromatic nitrogens is 2. The molecule has 0 aliphatic carbocycles. The van der Waals surface area contributed by atoms with Crippen molar-refractivity contribution in [3.63, 3.8) is 0 Å². The van der Waals surface area contributed by atoms with Gasteiger partial charge in [0.15, 0.2) is 0 Å². The quantitative estimate of drug-likeness (QED) is 0.822. The zero-order valence-electron chi connectivity index (χ0n) is 12.6. The first kappa shape index (κ1) is 16.4. The van der Waals surface area contributed by atoms with E-state index in [1.807, 2.05) is 13.8 Å². The number of nitrogens with zero attached hydrogens (tertiary/aromatic N) is 2. The number of rotatable bonds is 7. The lowest BCUT2D eigenvalue weighted by atomic mass is 10.2. The van der Waals surface area contributed by atoms with Crippen LogP contribution in [0.4, 0.5) is 9.52 Å². The van der Waals surface area contributed by atoms with E-state index in [-0.39, 0.29) is 17.8 Å². The Kier molecular flexibility index (Phi) is 5.83. The van der Waals surface area contributed by atoms with Gasteiger partial charge in [-0.25, -0.2) is 4.39 Å². The van der Waals surface area contributed by atoms with Gasteiger partial charge in [-0.2, -0.15) is 0 Å². The van der Waals surface area contributed by atoms with Crippen LogP contribution in [0.5, 0.6) is 0 Å². The predicted molar refractivity (Wildman–Crippen MR) is 85.5 cm³/mol. The smallest absolute Gasteiger partial charge is 0.221 e. The third-order valence-electron chi connectivity index (χ3n) is 2.81. The Morgan fingerprint density at radius 2 is 2.00 bits per heavy atom. The second-order valence-electron chi connectivity index (χ2n) is 5.20. The second-order valence-corrected chi connectivity index (χ2v) is 6.27.